The average Bonchev–Trinajstić information content (AvgIpc) is 2.47. The van der Waals surface area contributed by atoms with Gasteiger partial charge in [-0.3, -0.25) is 4.79 Å². The number of aliphatic hydroxyl groups excluding tert-OH is 1. The van der Waals surface area contributed by atoms with E-state index in [1.807, 2.05) is 30.3 Å². The van der Waals surface area contributed by atoms with Gasteiger partial charge in [0.1, 0.15) is 6.10 Å². The summed E-state index contributed by atoms with van der Waals surface area (Å²) in [4.78, 5) is 13.8. The lowest BCUT2D eigenvalue weighted by Gasteiger charge is -2.30. The van der Waals surface area contributed by atoms with Crippen molar-refractivity contribution in [1.29, 1.82) is 5.26 Å². The first-order valence-electron chi connectivity index (χ1n) is 6.61. The molecule has 1 aliphatic rings. The third-order valence-corrected chi connectivity index (χ3v) is 3.55. The highest BCUT2D eigenvalue weighted by Crippen LogP contribution is 2.17. The molecule has 4 heteroatoms. The zero-order chi connectivity index (χ0) is 13.7. The number of amides is 1. The summed E-state index contributed by atoms with van der Waals surface area (Å²) in [7, 11) is 0. The van der Waals surface area contributed by atoms with Crippen molar-refractivity contribution in [3.05, 3.63) is 35.9 Å². The molecule has 1 aliphatic heterocycles. The molecule has 1 N–H and O–H groups in total. The molecule has 1 fully saturated rings. The molecule has 0 bridgehead atoms. The lowest BCUT2D eigenvalue weighted by molar-refractivity contribution is -0.141. The second-order valence-corrected chi connectivity index (χ2v) is 4.93. The van der Waals surface area contributed by atoms with E-state index < -0.39 is 6.10 Å². The van der Waals surface area contributed by atoms with Crippen molar-refractivity contribution < 1.29 is 9.90 Å². The van der Waals surface area contributed by atoms with Crippen LogP contribution in [0.4, 0.5) is 0 Å². The second-order valence-electron chi connectivity index (χ2n) is 4.93. The second kappa shape index (κ2) is 6.35. The Labute approximate surface area is 113 Å². The quantitative estimate of drug-likeness (QED) is 0.890. The molecule has 0 aromatic heterocycles. The van der Waals surface area contributed by atoms with Crippen LogP contribution in [0.25, 0.3) is 0 Å². The number of carbonyl (C=O) groups is 1. The minimum absolute atomic E-state index is 0.0512. The highest BCUT2D eigenvalue weighted by atomic mass is 16.3. The average molecular weight is 258 g/mol. The highest BCUT2D eigenvalue weighted by molar-refractivity contribution is 5.81. The number of rotatable bonds is 3. The van der Waals surface area contributed by atoms with E-state index in [1.54, 1.807) is 4.90 Å². The van der Waals surface area contributed by atoms with Crippen LogP contribution in [0.1, 0.15) is 18.4 Å². The van der Waals surface area contributed by atoms with Crippen LogP contribution in [0, 0.1) is 17.2 Å². The Morgan fingerprint density at radius 1 is 1.37 bits per heavy atom. The van der Waals surface area contributed by atoms with Crippen molar-refractivity contribution in [1.82, 2.24) is 4.90 Å². The summed E-state index contributed by atoms with van der Waals surface area (Å²) < 4.78 is 0. The maximum Gasteiger partial charge on any atom is 0.251 e. The molecule has 1 saturated heterocycles. The smallest absolute Gasteiger partial charge is 0.251 e. The third kappa shape index (κ3) is 3.55. The van der Waals surface area contributed by atoms with Crippen LogP contribution in [-0.2, 0) is 11.2 Å². The normalized spacial score (nSPS) is 17.8. The number of aliphatic hydroxyl groups is 1. The molecular formula is C15H18N2O2. The molecule has 0 spiro atoms. The summed E-state index contributed by atoms with van der Waals surface area (Å²) in [5.74, 6) is -0.171. The van der Waals surface area contributed by atoms with Gasteiger partial charge in [0.15, 0.2) is 0 Å². The minimum atomic E-state index is -0.985. The van der Waals surface area contributed by atoms with Gasteiger partial charge in [0.25, 0.3) is 5.91 Å². The zero-order valence-electron chi connectivity index (χ0n) is 10.8. The van der Waals surface area contributed by atoms with Crippen LogP contribution >= 0.6 is 0 Å². The van der Waals surface area contributed by atoms with E-state index in [1.165, 1.54) is 0 Å². The predicted molar refractivity (Wildman–Crippen MR) is 71.1 cm³/mol. The van der Waals surface area contributed by atoms with Gasteiger partial charge in [-0.05, 0) is 18.4 Å². The number of carbonyl (C=O) groups excluding carboxylic acids is 1. The molecule has 19 heavy (non-hydrogen) atoms. The number of hydrogen-bond acceptors (Lipinski definition) is 3. The van der Waals surface area contributed by atoms with E-state index in [0.717, 1.165) is 5.56 Å². The molecule has 1 aromatic rings. The molecule has 4 nitrogen and oxygen atoms in total. The Kier molecular flexibility index (Phi) is 4.53. The highest BCUT2D eigenvalue weighted by Gasteiger charge is 2.26. The fraction of sp³-hybridized carbons (Fsp3) is 0.467. The van der Waals surface area contributed by atoms with Crippen molar-refractivity contribution in [3.8, 4) is 6.07 Å². The van der Waals surface area contributed by atoms with E-state index in [9.17, 15) is 9.90 Å². The van der Waals surface area contributed by atoms with Crippen LogP contribution < -0.4 is 0 Å². The Morgan fingerprint density at radius 3 is 2.58 bits per heavy atom. The Hall–Kier alpha value is -1.86. The standard InChI is InChI=1S/C15H18N2O2/c16-11-13-6-8-17(9-7-13)15(19)14(18)10-12-4-2-1-3-5-12/h1-5,13-14,18H,6-10H2/t14-/m0/s1. The van der Waals surface area contributed by atoms with Crippen LogP contribution in [0.5, 0.6) is 0 Å². The first-order valence-corrected chi connectivity index (χ1v) is 6.61. The van der Waals surface area contributed by atoms with Crippen molar-refractivity contribution in [2.45, 2.75) is 25.4 Å². The van der Waals surface area contributed by atoms with Gasteiger partial charge in [0, 0.05) is 25.4 Å². The van der Waals surface area contributed by atoms with E-state index in [2.05, 4.69) is 6.07 Å². The summed E-state index contributed by atoms with van der Waals surface area (Å²) in [6.07, 6.45) is 0.777. The third-order valence-electron chi connectivity index (χ3n) is 3.55. The zero-order valence-corrected chi connectivity index (χ0v) is 10.8. The molecule has 100 valence electrons. The summed E-state index contributed by atoms with van der Waals surface area (Å²) >= 11 is 0. The SMILES string of the molecule is N#CC1CCN(C(=O)[C@@H](O)Cc2ccccc2)CC1. The first-order chi connectivity index (χ1) is 9.20. The number of nitrogens with zero attached hydrogens (tertiary/aromatic N) is 2. The van der Waals surface area contributed by atoms with Crippen LogP contribution in [0.2, 0.25) is 0 Å². The fourth-order valence-electron chi connectivity index (χ4n) is 2.36. The van der Waals surface area contributed by atoms with Gasteiger partial charge in [-0.2, -0.15) is 5.26 Å². The largest absolute Gasteiger partial charge is 0.383 e. The van der Waals surface area contributed by atoms with Crippen molar-refractivity contribution in [3.63, 3.8) is 0 Å². The van der Waals surface area contributed by atoms with Crippen molar-refractivity contribution in [2.24, 2.45) is 5.92 Å². The van der Waals surface area contributed by atoms with Gasteiger partial charge in [0.2, 0.25) is 0 Å². The summed E-state index contributed by atoms with van der Waals surface area (Å²) in [5.41, 5.74) is 0.954. The van der Waals surface area contributed by atoms with Gasteiger partial charge in [-0.15, -0.1) is 0 Å². The lowest BCUT2D eigenvalue weighted by Crippen LogP contribution is -2.44. The van der Waals surface area contributed by atoms with Gasteiger partial charge in [0.05, 0.1) is 6.07 Å². The Bertz CT molecular complexity index is 459. The summed E-state index contributed by atoms with van der Waals surface area (Å²) in [6.45, 7) is 1.14. The van der Waals surface area contributed by atoms with Crippen LogP contribution in [0.3, 0.4) is 0 Å². The molecule has 0 aliphatic carbocycles. The van der Waals surface area contributed by atoms with E-state index in [0.29, 0.717) is 32.4 Å². The molecule has 1 amide bonds. The molecular weight excluding hydrogens is 240 g/mol. The van der Waals surface area contributed by atoms with E-state index in [4.69, 9.17) is 5.26 Å². The Morgan fingerprint density at radius 2 is 2.00 bits per heavy atom. The topological polar surface area (TPSA) is 64.3 Å². The lowest BCUT2D eigenvalue weighted by atomic mass is 9.97. The molecule has 2 rings (SSSR count). The molecule has 1 heterocycles. The monoisotopic (exact) mass is 258 g/mol. The van der Waals surface area contributed by atoms with Gasteiger partial charge < -0.3 is 10.0 Å². The molecule has 1 aromatic carbocycles. The fourth-order valence-corrected chi connectivity index (χ4v) is 2.36. The summed E-state index contributed by atoms with van der Waals surface area (Å²) in [5, 5.41) is 18.8. The number of hydrogen-bond donors (Lipinski definition) is 1. The summed E-state index contributed by atoms with van der Waals surface area (Å²) in [6, 6.07) is 11.7. The van der Waals surface area contributed by atoms with Gasteiger partial charge >= 0.3 is 0 Å². The molecule has 1 atom stereocenters. The number of benzene rings is 1. The van der Waals surface area contributed by atoms with Gasteiger partial charge in [-0.1, -0.05) is 30.3 Å². The van der Waals surface area contributed by atoms with E-state index >= 15 is 0 Å². The van der Waals surface area contributed by atoms with Crippen molar-refractivity contribution >= 4 is 5.91 Å². The van der Waals surface area contributed by atoms with Crippen LogP contribution in [-0.4, -0.2) is 35.1 Å². The number of piperidine rings is 1. The molecule has 0 saturated carbocycles. The number of nitriles is 1. The number of likely N-dealkylation sites (tertiary alicyclic amines) is 1. The molecule has 0 radical (unpaired) electrons. The van der Waals surface area contributed by atoms with Crippen LogP contribution in [0.15, 0.2) is 30.3 Å². The Balaban J connectivity index is 1.88. The van der Waals surface area contributed by atoms with E-state index in [-0.39, 0.29) is 11.8 Å². The van der Waals surface area contributed by atoms with Crippen molar-refractivity contribution in [2.75, 3.05) is 13.1 Å². The minimum Gasteiger partial charge on any atom is -0.383 e. The maximum atomic E-state index is 12.1. The predicted octanol–water partition coefficient (Wildman–Crippen LogP) is 1.35. The van der Waals surface area contributed by atoms with Gasteiger partial charge in [-0.25, -0.2) is 0 Å². The maximum absolute atomic E-state index is 12.1. The molecule has 0 unspecified atom stereocenters. The first kappa shape index (κ1) is 13.6.